The van der Waals surface area contributed by atoms with Gasteiger partial charge in [0, 0.05) is 32.3 Å². The molecule has 1 amide bonds. The van der Waals surface area contributed by atoms with Crippen LogP contribution in [-0.2, 0) is 6.42 Å². The highest BCUT2D eigenvalue weighted by Gasteiger charge is 2.04. The van der Waals surface area contributed by atoms with Gasteiger partial charge in [-0.1, -0.05) is 18.2 Å². The van der Waals surface area contributed by atoms with Crippen molar-refractivity contribution in [1.29, 1.82) is 0 Å². The van der Waals surface area contributed by atoms with Crippen molar-refractivity contribution in [3.63, 3.8) is 0 Å². The molecule has 0 aromatic heterocycles. The van der Waals surface area contributed by atoms with Gasteiger partial charge in [-0.2, -0.15) is 0 Å². The number of ether oxygens (including phenoxy) is 2. The summed E-state index contributed by atoms with van der Waals surface area (Å²) in [6.07, 6.45) is 0.784. The highest BCUT2D eigenvalue weighted by atomic mass is 127. The van der Waals surface area contributed by atoms with Crippen LogP contribution in [0.1, 0.15) is 15.9 Å². The van der Waals surface area contributed by atoms with Crippen molar-refractivity contribution in [1.82, 2.24) is 16.0 Å². The van der Waals surface area contributed by atoms with Crippen LogP contribution >= 0.6 is 24.0 Å². The molecule has 8 heteroatoms. The van der Waals surface area contributed by atoms with Crippen molar-refractivity contribution in [3.8, 4) is 11.5 Å². The molecule has 0 unspecified atom stereocenters. The van der Waals surface area contributed by atoms with Gasteiger partial charge in [0.15, 0.2) is 5.96 Å². The highest BCUT2D eigenvalue weighted by Crippen LogP contribution is 2.18. The largest absolute Gasteiger partial charge is 0.497 e. The minimum Gasteiger partial charge on any atom is -0.497 e. The molecule has 0 atom stereocenters. The summed E-state index contributed by atoms with van der Waals surface area (Å²) < 4.78 is 10.9. The SMILES string of the molecule is CN=C(NCCOc1cccc(OC)c1)NCCc1cccc(C(=O)NC)c1.I. The quantitative estimate of drug-likeness (QED) is 0.208. The zero-order valence-electron chi connectivity index (χ0n) is 17.0. The number of benzene rings is 2. The van der Waals surface area contributed by atoms with E-state index >= 15 is 0 Å². The third-order valence-corrected chi connectivity index (χ3v) is 4.05. The minimum atomic E-state index is -0.0803. The second-order valence-corrected chi connectivity index (χ2v) is 5.98. The maximum atomic E-state index is 11.7. The number of carbonyl (C=O) groups is 1. The van der Waals surface area contributed by atoms with Gasteiger partial charge in [-0.25, -0.2) is 0 Å². The van der Waals surface area contributed by atoms with Gasteiger partial charge < -0.3 is 25.4 Å². The second kappa shape index (κ2) is 13.6. The van der Waals surface area contributed by atoms with Crippen molar-refractivity contribution >= 4 is 35.8 Å². The molecule has 0 aliphatic rings. The summed E-state index contributed by atoms with van der Waals surface area (Å²) in [6, 6.07) is 15.1. The molecule has 0 fully saturated rings. The third-order valence-electron chi connectivity index (χ3n) is 4.05. The lowest BCUT2D eigenvalue weighted by atomic mass is 10.1. The zero-order valence-corrected chi connectivity index (χ0v) is 19.4. The molecule has 0 aliphatic carbocycles. The molecule has 7 nitrogen and oxygen atoms in total. The molecular weight excluding hydrogens is 483 g/mol. The van der Waals surface area contributed by atoms with E-state index in [2.05, 4.69) is 20.9 Å². The fourth-order valence-electron chi connectivity index (χ4n) is 2.59. The van der Waals surface area contributed by atoms with Crippen molar-refractivity contribution < 1.29 is 14.3 Å². The molecule has 0 aliphatic heterocycles. The smallest absolute Gasteiger partial charge is 0.251 e. The summed E-state index contributed by atoms with van der Waals surface area (Å²) in [5, 5.41) is 9.11. The van der Waals surface area contributed by atoms with E-state index in [1.807, 2.05) is 42.5 Å². The number of aliphatic imine (C=N–C) groups is 1. The van der Waals surface area contributed by atoms with E-state index in [1.165, 1.54) is 0 Å². The highest BCUT2D eigenvalue weighted by molar-refractivity contribution is 14.0. The molecule has 0 saturated heterocycles. The maximum absolute atomic E-state index is 11.7. The third kappa shape index (κ3) is 8.59. The van der Waals surface area contributed by atoms with E-state index in [9.17, 15) is 4.79 Å². The zero-order chi connectivity index (χ0) is 20.2. The number of amides is 1. The monoisotopic (exact) mass is 512 g/mol. The van der Waals surface area contributed by atoms with Crippen molar-refractivity contribution in [3.05, 3.63) is 59.7 Å². The molecule has 0 bridgehead atoms. The van der Waals surface area contributed by atoms with Crippen LogP contribution in [0.2, 0.25) is 0 Å². The Hall–Kier alpha value is -2.49. The van der Waals surface area contributed by atoms with E-state index in [-0.39, 0.29) is 29.9 Å². The van der Waals surface area contributed by atoms with Crippen molar-refractivity contribution in [2.45, 2.75) is 6.42 Å². The minimum absolute atomic E-state index is 0. The van der Waals surface area contributed by atoms with Crippen LogP contribution < -0.4 is 25.4 Å². The number of halogens is 1. The van der Waals surface area contributed by atoms with Crippen LogP contribution in [-0.4, -0.2) is 52.8 Å². The van der Waals surface area contributed by atoms with Crippen LogP contribution in [0.15, 0.2) is 53.5 Å². The first-order chi connectivity index (χ1) is 13.7. The topological polar surface area (TPSA) is 84.0 Å². The molecule has 0 saturated carbocycles. The predicted molar refractivity (Wildman–Crippen MR) is 127 cm³/mol. The summed E-state index contributed by atoms with van der Waals surface area (Å²) in [5.41, 5.74) is 1.75. The number of carbonyl (C=O) groups excluding carboxylic acids is 1. The normalized spacial score (nSPS) is 10.5. The Morgan fingerprint density at radius 3 is 2.48 bits per heavy atom. The molecule has 2 aromatic carbocycles. The van der Waals surface area contributed by atoms with Crippen LogP contribution in [0.25, 0.3) is 0 Å². The van der Waals surface area contributed by atoms with Gasteiger partial charge in [0.2, 0.25) is 0 Å². The summed E-state index contributed by atoms with van der Waals surface area (Å²) >= 11 is 0. The first kappa shape index (κ1) is 24.5. The van der Waals surface area contributed by atoms with Crippen LogP contribution in [0.3, 0.4) is 0 Å². The molecule has 2 aromatic rings. The summed E-state index contributed by atoms with van der Waals surface area (Å²) in [6.45, 7) is 1.82. The van der Waals surface area contributed by atoms with Gasteiger partial charge in [-0.05, 0) is 36.2 Å². The van der Waals surface area contributed by atoms with Crippen molar-refractivity contribution in [2.24, 2.45) is 4.99 Å². The number of hydrogen-bond donors (Lipinski definition) is 3. The Bertz CT molecular complexity index is 799. The van der Waals surface area contributed by atoms with E-state index in [0.29, 0.717) is 31.2 Å². The Morgan fingerprint density at radius 1 is 1.03 bits per heavy atom. The van der Waals surface area contributed by atoms with Crippen LogP contribution in [0.4, 0.5) is 0 Å². The number of rotatable bonds is 9. The first-order valence-electron chi connectivity index (χ1n) is 9.18. The van der Waals surface area contributed by atoms with E-state index in [1.54, 1.807) is 27.3 Å². The standard InChI is InChI=1S/C21H28N4O3.HI/c1-22-20(26)17-7-4-6-16(14-17)10-11-24-21(23-2)25-12-13-28-19-9-5-8-18(15-19)27-3;/h4-9,14-15H,10-13H2,1-3H3,(H,22,26)(H2,23,24,25);1H. The molecule has 158 valence electrons. The fourth-order valence-corrected chi connectivity index (χ4v) is 2.59. The Kier molecular flexibility index (Phi) is 11.6. The molecule has 3 N–H and O–H groups in total. The van der Waals surface area contributed by atoms with Gasteiger partial charge in [-0.3, -0.25) is 9.79 Å². The Morgan fingerprint density at radius 2 is 1.76 bits per heavy atom. The first-order valence-corrected chi connectivity index (χ1v) is 9.18. The maximum Gasteiger partial charge on any atom is 0.251 e. The average Bonchev–Trinajstić information content (AvgIpc) is 2.75. The van der Waals surface area contributed by atoms with Gasteiger partial charge in [0.25, 0.3) is 5.91 Å². The Balaban J connectivity index is 0.00000420. The molecule has 0 radical (unpaired) electrons. The lowest BCUT2D eigenvalue weighted by molar-refractivity contribution is 0.0963. The number of nitrogens with one attached hydrogen (secondary N) is 3. The van der Waals surface area contributed by atoms with Crippen LogP contribution in [0.5, 0.6) is 11.5 Å². The fraction of sp³-hybridized carbons (Fsp3) is 0.333. The number of guanidine groups is 1. The van der Waals surface area contributed by atoms with E-state index < -0.39 is 0 Å². The van der Waals surface area contributed by atoms with Crippen molar-refractivity contribution in [2.75, 3.05) is 40.9 Å². The Labute approximate surface area is 189 Å². The van der Waals surface area contributed by atoms with Crippen LogP contribution in [0, 0.1) is 0 Å². The summed E-state index contributed by atoms with van der Waals surface area (Å²) in [5.74, 6) is 2.16. The van der Waals surface area contributed by atoms with E-state index in [0.717, 1.165) is 23.5 Å². The van der Waals surface area contributed by atoms with E-state index in [4.69, 9.17) is 9.47 Å². The number of hydrogen-bond acceptors (Lipinski definition) is 4. The molecule has 2 rings (SSSR count). The number of nitrogens with zero attached hydrogens (tertiary/aromatic N) is 1. The van der Waals surface area contributed by atoms with Gasteiger partial charge >= 0.3 is 0 Å². The number of methoxy groups -OCH3 is 1. The second-order valence-electron chi connectivity index (χ2n) is 5.98. The molecule has 0 heterocycles. The lowest BCUT2D eigenvalue weighted by Gasteiger charge is -2.13. The predicted octanol–water partition coefficient (Wildman–Crippen LogP) is 2.46. The summed E-state index contributed by atoms with van der Waals surface area (Å²) in [7, 11) is 4.99. The van der Waals surface area contributed by atoms with Gasteiger partial charge in [0.1, 0.15) is 18.1 Å². The lowest BCUT2D eigenvalue weighted by Crippen LogP contribution is -2.40. The molecule has 29 heavy (non-hydrogen) atoms. The summed E-state index contributed by atoms with van der Waals surface area (Å²) in [4.78, 5) is 15.9. The molecule has 0 spiro atoms. The average molecular weight is 512 g/mol. The van der Waals surface area contributed by atoms with Gasteiger partial charge in [0.05, 0.1) is 13.7 Å². The molecular formula is C21H29IN4O3. The van der Waals surface area contributed by atoms with Gasteiger partial charge in [-0.15, -0.1) is 24.0 Å².